The standard InChI is InChI=1S/C24H21N5O/c1-25-24-20-14-17(16-6-9-19(10-7-16)29-13-3-5-22(29)30)8-11-21(20)27-23(28-24)18-4-2-12-26-15-18/h2,4,6-12,14-15H,3,5,13H2,1H3,(H,25,27,28). The fourth-order valence-corrected chi connectivity index (χ4v) is 3.88. The molecule has 2 aromatic heterocycles. The van der Waals surface area contributed by atoms with Crippen LogP contribution in [0.25, 0.3) is 33.4 Å². The first-order chi connectivity index (χ1) is 14.7. The third-order valence-electron chi connectivity index (χ3n) is 5.44. The monoisotopic (exact) mass is 395 g/mol. The van der Waals surface area contributed by atoms with Crippen molar-refractivity contribution in [2.45, 2.75) is 12.8 Å². The topological polar surface area (TPSA) is 71.0 Å². The number of nitrogens with one attached hydrogen (secondary N) is 1. The van der Waals surface area contributed by atoms with E-state index in [4.69, 9.17) is 9.97 Å². The molecule has 148 valence electrons. The Morgan fingerprint density at radius 2 is 1.80 bits per heavy atom. The molecule has 2 aromatic carbocycles. The molecule has 1 aliphatic heterocycles. The maximum absolute atomic E-state index is 12.0. The number of pyridine rings is 1. The summed E-state index contributed by atoms with van der Waals surface area (Å²) in [4.78, 5) is 27.4. The van der Waals surface area contributed by atoms with Crippen molar-refractivity contribution in [2.75, 3.05) is 23.8 Å². The number of nitrogens with zero attached hydrogens (tertiary/aromatic N) is 4. The summed E-state index contributed by atoms with van der Waals surface area (Å²) in [7, 11) is 1.86. The number of carbonyl (C=O) groups is 1. The second-order valence-corrected chi connectivity index (χ2v) is 7.32. The number of amides is 1. The SMILES string of the molecule is CNc1nc(-c2cccnc2)nc2ccc(-c3ccc(N4CCCC4=O)cc3)cc12. The number of carbonyl (C=O) groups excluding carboxylic acids is 1. The number of rotatable bonds is 4. The predicted octanol–water partition coefficient (Wildman–Crippen LogP) is 4.53. The minimum absolute atomic E-state index is 0.202. The van der Waals surface area contributed by atoms with Gasteiger partial charge in [-0.05, 0) is 53.9 Å². The first-order valence-electron chi connectivity index (χ1n) is 10.0. The summed E-state index contributed by atoms with van der Waals surface area (Å²) in [5, 5.41) is 4.15. The van der Waals surface area contributed by atoms with Gasteiger partial charge in [0, 0.05) is 49.0 Å². The van der Waals surface area contributed by atoms with Crippen molar-refractivity contribution in [2.24, 2.45) is 0 Å². The average molecular weight is 395 g/mol. The summed E-state index contributed by atoms with van der Waals surface area (Å²) in [5.74, 6) is 1.63. The van der Waals surface area contributed by atoms with Crippen LogP contribution in [0.4, 0.5) is 11.5 Å². The molecule has 0 bridgehead atoms. The van der Waals surface area contributed by atoms with Crippen molar-refractivity contribution in [1.82, 2.24) is 15.0 Å². The van der Waals surface area contributed by atoms with Crippen LogP contribution in [-0.4, -0.2) is 34.5 Å². The quantitative estimate of drug-likeness (QED) is 0.550. The summed E-state index contributed by atoms with van der Waals surface area (Å²) < 4.78 is 0. The zero-order valence-corrected chi connectivity index (χ0v) is 16.7. The van der Waals surface area contributed by atoms with Crippen molar-refractivity contribution in [3.8, 4) is 22.5 Å². The Bertz CT molecular complexity index is 1220. The van der Waals surface area contributed by atoms with Crippen LogP contribution in [0.5, 0.6) is 0 Å². The van der Waals surface area contributed by atoms with Gasteiger partial charge in [-0.1, -0.05) is 18.2 Å². The van der Waals surface area contributed by atoms with Gasteiger partial charge in [-0.2, -0.15) is 0 Å². The Hall–Kier alpha value is -3.80. The Labute approximate surface area is 174 Å². The molecule has 1 fully saturated rings. The van der Waals surface area contributed by atoms with Crippen molar-refractivity contribution in [3.05, 3.63) is 67.0 Å². The minimum atomic E-state index is 0.202. The highest BCUT2D eigenvalue weighted by Gasteiger charge is 2.21. The van der Waals surface area contributed by atoms with Gasteiger partial charge in [0.1, 0.15) is 5.82 Å². The van der Waals surface area contributed by atoms with Gasteiger partial charge in [0.25, 0.3) is 0 Å². The van der Waals surface area contributed by atoms with E-state index in [9.17, 15) is 4.79 Å². The van der Waals surface area contributed by atoms with Crippen LogP contribution in [0.1, 0.15) is 12.8 Å². The molecule has 1 aliphatic rings. The van der Waals surface area contributed by atoms with Gasteiger partial charge in [0.05, 0.1) is 5.52 Å². The molecule has 5 rings (SSSR count). The number of aromatic nitrogens is 3. The Morgan fingerprint density at radius 3 is 2.50 bits per heavy atom. The maximum atomic E-state index is 12.0. The lowest BCUT2D eigenvalue weighted by atomic mass is 10.0. The Morgan fingerprint density at radius 1 is 0.967 bits per heavy atom. The van der Waals surface area contributed by atoms with E-state index < -0.39 is 0 Å². The lowest BCUT2D eigenvalue weighted by molar-refractivity contribution is -0.117. The molecule has 4 aromatic rings. The molecular weight excluding hydrogens is 374 g/mol. The van der Waals surface area contributed by atoms with E-state index in [1.54, 1.807) is 12.4 Å². The molecule has 0 radical (unpaired) electrons. The smallest absolute Gasteiger partial charge is 0.227 e. The van der Waals surface area contributed by atoms with Crippen molar-refractivity contribution < 1.29 is 4.79 Å². The molecule has 1 amide bonds. The van der Waals surface area contributed by atoms with Gasteiger partial charge < -0.3 is 10.2 Å². The van der Waals surface area contributed by atoms with Gasteiger partial charge in [-0.25, -0.2) is 9.97 Å². The van der Waals surface area contributed by atoms with Crippen LogP contribution in [0, 0.1) is 0 Å². The van der Waals surface area contributed by atoms with Gasteiger partial charge in [-0.15, -0.1) is 0 Å². The summed E-state index contributed by atoms with van der Waals surface area (Å²) in [6.45, 7) is 0.802. The number of benzene rings is 2. The minimum Gasteiger partial charge on any atom is -0.373 e. The molecule has 0 aliphatic carbocycles. The average Bonchev–Trinajstić information content (AvgIpc) is 3.24. The van der Waals surface area contributed by atoms with E-state index in [2.05, 4.69) is 34.6 Å². The van der Waals surface area contributed by atoms with Crippen molar-refractivity contribution >= 4 is 28.3 Å². The van der Waals surface area contributed by atoms with Crippen molar-refractivity contribution in [3.63, 3.8) is 0 Å². The molecular formula is C24H21N5O. The van der Waals surface area contributed by atoms with Crippen LogP contribution in [0.3, 0.4) is 0 Å². The van der Waals surface area contributed by atoms with E-state index in [0.29, 0.717) is 12.2 Å². The lowest BCUT2D eigenvalue weighted by Crippen LogP contribution is -2.23. The molecule has 30 heavy (non-hydrogen) atoms. The Balaban J connectivity index is 1.52. The van der Waals surface area contributed by atoms with Crippen molar-refractivity contribution in [1.29, 1.82) is 0 Å². The number of fused-ring (bicyclic) bond motifs is 1. The third kappa shape index (κ3) is 3.26. The highest BCUT2D eigenvalue weighted by Crippen LogP contribution is 2.31. The predicted molar refractivity (Wildman–Crippen MR) is 119 cm³/mol. The van der Waals surface area contributed by atoms with E-state index in [-0.39, 0.29) is 5.91 Å². The lowest BCUT2D eigenvalue weighted by Gasteiger charge is -2.16. The van der Waals surface area contributed by atoms with Crippen LogP contribution in [0.2, 0.25) is 0 Å². The maximum Gasteiger partial charge on any atom is 0.227 e. The fourth-order valence-electron chi connectivity index (χ4n) is 3.88. The molecule has 6 nitrogen and oxygen atoms in total. The van der Waals surface area contributed by atoms with Gasteiger partial charge in [0.2, 0.25) is 5.91 Å². The molecule has 1 saturated heterocycles. The third-order valence-corrected chi connectivity index (χ3v) is 5.44. The Kier molecular flexibility index (Phi) is 4.59. The normalized spacial score (nSPS) is 13.8. The highest BCUT2D eigenvalue weighted by molar-refractivity contribution is 5.96. The van der Waals surface area contributed by atoms with Crippen LogP contribution in [0.15, 0.2) is 67.0 Å². The highest BCUT2D eigenvalue weighted by atomic mass is 16.2. The van der Waals surface area contributed by atoms with E-state index in [1.807, 2.05) is 42.3 Å². The first-order valence-corrected chi connectivity index (χ1v) is 10.0. The van der Waals surface area contributed by atoms with E-state index in [1.165, 1.54) is 0 Å². The van der Waals surface area contributed by atoms with Gasteiger partial charge in [-0.3, -0.25) is 9.78 Å². The molecule has 1 N–H and O–H groups in total. The summed E-state index contributed by atoms with van der Waals surface area (Å²) in [6, 6.07) is 18.2. The summed E-state index contributed by atoms with van der Waals surface area (Å²) in [5.41, 5.74) is 4.88. The fraction of sp³-hybridized carbons (Fsp3) is 0.167. The second-order valence-electron chi connectivity index (χ2n) is 7.32. The zero-order valence-electron chi connectivity index (χ0n) is 16.7. The molecule has 6 heteroatoms. The largest absolute Gasteiger partial charge is 0.373 e. The molecule has 0 unspecified atom stereocenters. The van der Waals surface area contributed by atoms with Gasteiger partial charge in [0.15, 0.2) is 5.82 Å². The van der Waals surface area contributed by atoms with E-state index in [0.717, 1.165) is 52.1 Å². The van der Waals surface area contributed by atoms with Crippen LogP contribution < -0.4 is 10.2 Å². The summed E-state index contributed by atoms with van der Waals surface area (Å²) in [6.07, 6.45) is 5.07. The van der Waals surface area contributed by atoms with Crippen LogP contribution in [-0.2, 0) is 4.79 Å². The first kappa shape index (κ1) is 18.2. The number of hydrogen-bond donors (Lipinski definition) is 1. The van der Waals surface area contributed by atoms with Gasteiger partial charge >= 0.3 is 0 Å². The molecule has 0 spiro atoms. The number of hydrogen-bond acceptors (Lipinski definition) is 5. The second kappa shape index (κ2) is 7.55. The summed E-state index contributed by atoms with van der Waals surface area (Å²) >= 11 is 0. The van der Waals surface area contributed by atoms with Crippen LogP contribution >= 0.6 is 0 Å². The molecule has 3 heterocycles. The number of anilines is 2. The molecule has 0 atom stereocenters. The zero-order chi connectivity index (χ0) is 20.5. The molecule has 0 saturated carbocycles. The van der Waals surface area contributed by atoms with E-state index >= 15 is 0 Å².